The number of halogens is 1. The van der Waals surface area contributed by atoms with Crippen molar-refractivity contribution in [1.29, 1.82) is 0 Å². The molecule has 1 rings (SSSR count). The largest absolute Gasteiger partial charge is 0.491 e. The quantitative estimate of drug-likeness (QED) is 0.845. The van der Waals surface area contributed by atoms with Crippen LogP contribution >= 0.6 is 28.1 Å². The highest BCUT2D eigenvalue weighted by Crippen LogP contribution is 2.23. The minimum absolute atomic E-state index is 0.354. The molecular weight excluding hydrogens is 288 g/mol. The predicted molar refractivity (Wildman–Crippen MR) is 74.1 cm³/mol. The van der Waals surface area contributed by atoms with Crippen molar-refractivity contribution in [3.05, 3.63) is 28.2 Å². The summed E-state index contributed by atoms with van der Waals surface area (Å²) < 4.78 is 6.60. The summed E-state index contributed by atoms with van der Waals surface area (Å²) in [7, 11) is 4.00. The van der Waals surface area contributed by atoms with Crippen LogP contribution in [0, 0.1) is 0 Å². The number of ether oxygens (including phenoxy) is 1. The summed E-state index contributed by atoms with van der Waals surface area (Å²) in [5, 5.41) is 0. The molecule has 1 aromatic rings. The summed E-state index contributed by atoms with van der Waals surface area (Å²) in [5.74, 6) is 0.726. The van der Waals surface area contributed by atoms with Gasteiger partial charge in [0.25, 0.3) is 0 Å². The maximum Gasteiger partial charge on any atom is 0.130 e. The van der Waals surface area contributed by atoms with Crippen molar-refractivity contribution in [2.45, 2.75) is 0 Å². The summed E-state index contributed by atoms with van der Waals surface area (Å²) >= 11 is 8.36. The highest BCUT2D eigenvalue weighted by atomic mass is 79.9. The second kappa shape index (κ2) is 6.18. The highest BCUT2D eigenvalue weighted by molar-refractivity contribution is 9.10. The van der Waals surface area contributed by atoms with Gasteiger partial charge < -0.3 is 15.4 Å². The Labute approximate surface area is 110 Å². The number of rotatable bonds is 5. The van der Waals surface area contributed by atoms with Crippen molar-refractivity contribution in [2.24, 2.45) is 5.73 Å². The zero-order chi connectivity index (χ0) is 12.1. The predicted octanol–water partition coefficient (Wildman–Crippen LogP) is 2.02. The first-order valence-corrected chi connectivity index (χ1v) is 6.07. The molecule has 0 saturated carbocycles. The zero-order valence-electron chi connectivity index (χ0n) is 9.37. The van der Waals surface area contributed by atoms with Crippen molar-refractivity contribution in [3.63, 3.8) is 0 Å². The lowest BCUT2D eigenvalue weighted by atomic mass is 10.2. The maximum absolute atomic E-state index is 5.65. The minimum atomic E-state index is 0.354. The van der Waals surface area contributed by atoms with E-state index in [1.165, 1.54) is 0 Å². The van der Waals surface area contributed by atoms with Crippen LogP contribution in [0.5, 0.6) is 5.75 Å². The molecule has 0 atom stereocenters. The fraction of sp³-hybridized carbons (Fsp3) is 0.364. The SMILES string of the molecule is CN(C)CCOc1cc(Br)ccc1C(N)=S. The molecule has 0 unspecified atom stereocenters. The molecule has 0 heterocycles. The smallest absolute Gasteiger partial charge is 0.130 e. The van der Waals surface area contributed by atoms with Crippen molar-refractivity contribution in [3.8, 4) is 5.75 Å². The number of likely N-dealkylation sites (N-methyl/N-ethyl adjacent to an activating group) is 1. The van der Waals surface area contributed by atoms with Crippen LogP contribution in [0.1, 0.15) is 5.56 Å². The average Bonchev–Trinajstić information content (AvgIpc) is 2.16. The second-order valence-electron chi connectivity index (χ2n) is 3.66. The molecule has 0 aliphatic heterocycles. The molecule has 0 aromatic heterocycles. The van der Waals surface area contributed by atoms with E-state index in [9.17, 15) is 0 Å². The molecule has 0 spiro atoms. The van der Waals surface area contributed by atoms with Gasteiger partial charge in [0.2, 0.25) is 0 Å². The molecule has 1 aromatic carbocycles. The van der Waals surface area contributed by atoms with E-state index in [0.29, 0.717) is 11.6 Å². The number of benzene rings is 1. The van der Waals surface area contributed by atoms with Gasteiger partial charge >= 0.3 is 0 Å². The number of hydrogen-bond donors (Lipinski definition) is 1. The van der Waals surface area contributed by atoms with E-state index in [4.69, 9.17) is 22.7 Å². The van der Waals surface area contributed by atoms with Crippen molar-refractivity contribution >= 4 is 33.1 Å². The average molecular weight is 303 g/mol. The summed E-state index contributed by atoms with van der Waals surface area (Å²) in [6, 6.07) is 5.63. The number of nitrogens with two attached hydrogens (primary N) is 1. The lowest BCUT2D eigenvalue weighted by Gasteiger charge is -2.13. The monoisotopic (exact) mass is 302 g/mol. The Balaban J connectivity index is 2.76. The Hall–Kier alpha value is -0.650. The first-order valence-electron chi connectivity index (χ1n) is 4.87. The Kier molecular flexibility index (Phi) is 5.18. The lowest BCUT2D eigenvalue weighted by Crippen LogP contribution is -2.20. The third kappa shape index (κ3) is 4.08. The fourth-order valence-electron chi connectivity index (χ4n) is 1.16. The molecule has 88 valence electrons. The van der Waals surface area contributed by atoms with E-state index in [2.05, 4.69) is 20.8 Å². The van der Waals surface area contributed by atoms with Crippen LogP contribution in [-0.4, -0.2) is 37.1 Å². The fourth-order valence-corrected chi connectivity index (χ4v) is 1.67. The summed E-state index contributed by atoms with van der Waals surface area (Å²) in [6.45, 7) is 1.46. The van der Waals surface area contributed by atoms with Gasteiger partial charge in [0.15, 0.2) is 0 Å². The van der Waals surface area contributed by atoms with Gasteiger partial charge in [0.05, 0.1) is 5.56 Å². The number of nitrogens with zero attached hydrogens (tertiary/aromatic N) is 1. The Morgan fingerprint density at radius 2 is 2.19 bits per heavy atom. The Bertz CT molecular complexity index is 382. The molecular formula is C11H15BrN2OS. The standard InChI is InChI=1S/C11H15BrN2OS/c1-14(2)5-6-15-10-7-8(12)3-4-9(10)11(13)16/h3-4,7H,5-6H2,1-2H3,(H2,13,16). The summed E-state index contributed by atoms with van der Waals surface area (Å²) in [4.78, 5) is 2.41. The van der Waals surface area contributed by atoms with Crippen LogP contribution in [0.25, 0.3) is 0 Å². The Morgan fingerprint density at radius 1 is 1.50 bits per heavy atom. The lowest BCUT2D eigenvalue weighted by molar-refractivity contribution is 0.261. The van der Waals surface area contributed by atoms with Crippen molar-refractivity contribution in [1.82, 2.24) is 4.90 Å². The van der Waals surface area contributed by atoms with Crippen LogP contribution < -0.4 is 10.5 Å². The van der Waals surface area contributed by atoms with Crippen LogP contribution in [0.4, 0.5) is 0 Å². The molecule has 5 heteroatoms. The Morgan fingerprint density at radius 3 is 2.75 bits per heavy atom. The van der Waals surface area contributed by atoms with Gasteiger partial charge in [-0.05, 0) is 32.3 Å². The normalized spacial score (nSPS) is 10.5. The molecule has 16 heavy (non-hydrogen) atoms. The van der Waals surface area contributed by atoms with Gasteiger partial charge in [-0.25, -0.2) is 0 Å². The van der Waals surface area contributed by atoms with E-state index in [0.717, 1.165) is 22.3 Å². The van der Waals surface area contributed by atoms with Gasteiger partial charge in [0.1, 0.15) is 17.3 Å². The molecule has 0 bridgehead atoms. The third-order valence-corrected chi connectivity index (χ3v) is 2.72. The van der Waals surface area contributed by atoms with E-state index >= 15 is 0 Å². The minimum Gasteiger partial charge on any atom is -0.491 e. The molecule has 0 fully saturated rings. The van der Waals surface area contributed by atoms with E-state index in [-0.39, 0.29) is 0 Å². The van der Waals surface area contributed by atoms with Crippen LogP contribution in [0.3, 0.4) is 0 Å². The van der Waals surface area contributed by atoms with Gasteiger partial charge in [-0.2, -0.15) is 0 Å². The summed E-state index contributed by atoms with van der Waals surface area (Å²) in [6.07, 6.45) is 0. The first-order chi connectivity index (χ1) is 7.50. The molecule has 2 N–H and O–H groups in total. The van der Waals surface area contributed by atoms with Crippen molar-refractivity contribution < 1.29 is 4.74 Å². The van der Waals surface area contributed by atoms with Gasteiger partial charge in [-0.1, -0.05) is 28.1 Å². The van der Waals surface area contributed by atoms with Gasteiger partial charge in [-0.3, -0.25) is 0 Å². The number of thiocarbonyl (C=S) groups is 1. The van der Waals surface area contributed by atoms with E-state index in [1.54, 1.807) is 0 Å². The van der Waals surface area contributed by atoms with E-state index in [1.807, 2.05) is 32.3 Å². The molecule has 0 amide bonds. The van der Waals surface area contributed by atoms with E-state index < -0.39 is 0 Å². The van der Waals surface area contributed by atoms with Crippen LogP contribution in [0.2, 0.25) is 0 Å². The zero-order valence-corrected chi connectivity index (χ0v) is 11.8. The molecule has 0 saturated heterocycles. The topological polar surface area (TPSA) is 38.5 Å². The molecule has 0 radical (unpaired) electrons. The van der Waals surface area contributed by atoms with Crippen LogP contribution in [-0.2, 0) is 0 Å². The number of hydrogen-bond acceptors (Lipinski definition) is 3. The first kappa shape index (κ1) is 13.4. The highest BCUT2D eigenvalue weighted by Gasteiger charge is 2.07. The maximum atomic E-state index is 5.65. The molecule has 0 aliphatic carbocycles. The summed E-state index contributed by atoms with van der Waals surface area (Å²) in [5.41, 5.74) is 6.40. The third-order valence-electron chi connectivity index (χ3n) is 2.01. The van der Waals surface area contributed by atoms with Gasteiger partial charge in [-0.15, -0.1) is 0 Å². The van der Waals surface area contributed by atoms with Crippen molar-refractivity contribution in [2.75, 3.05) is 27.2 Å². The molecule has 3 nitrogen and oxygen atoms in total. The molecule has 0 aliphatic rings. The van der Waals surface area contributed by atoms with Crippen LogP contribution in [0.15, 0.2) is 22.7 Å². The second-order valence-corrected chi connectivity index (χ2v) is 5.01. The van der Waals surface area contributed by atoms with Gasteiger partial charge in [0, 0.05) is 11.0 Å².